The number of anilines is 2. The van der Waals surface area contributed by atoms with E-state index in [2.05, 4.69) is 51.6 Å². The fourth-order valence-corrected chi connectivity index (χ4v) is 4.28. The van der Waals surface area contributed by atoms with Crippen LogP contribution < -0.4 is 11.1 Å². The summed E-state index contributed by atoms with van der Waals surface area (Å²) in [6.45, 7) is 3.62. The Bertz CT molecular complexity index is 1230. The molecule has 2 aromatic carbocycles. The highest BCUT2D eigenvalue weighted by Crippen LogP contribution is 2.50. The maximum absolute atomic E-state index is 5.71. The molecule has 1 aliphatic carbocycles. The number of nitrogens with zero attached hydrogens (tertiary/aromatic N) is 4. The molecule has 8 nitrogen and oxygen atoms in total. The molecule has 0 amide bonds. The van der Waals surface area contributed by atoms with E-state index in [1.165, 1.54) is 5.56 Å². The average molecular weight is 457 g/mol. The predicted molar refractivity (Wildman–Crippen MR) is 131 cm³/mol. The molecule has 1 unspecified atom stereocenters. The third-order valence-corrected chi connectivity index (χ3v) is 6.54. The number of rotatable bonds is 9. The molecule has 1 atom stereocenters. The molecule has 1 saturated carbocycles. The summed E-state index contributed by atoms with van der Waals surface area (Å²) in [7, 11) is 1.69. The van der Waals surface area contributed by atoms with Gasteiger partial charge in [-0.15, -0.1) is 0 Å². The zero-order chi connectivity index (χ0) is 23.5. The van der Waals surface area contributed by atoms with Gasteiger partial charge in [0.15, 0.2) is 5.82 Å². The van der Waals surface area contributed by atoms with Gasteiger partial charge in [-0.3, -0.25) is 0 Å². The Morgan fingerprint density at radius 3 is 2.32 bits per heavy atom. The normalized spacial score (nSPS) is 15.1. The van der Waals surface area contributed by atoms with Gasteiger partial charge in [0.05, 0.1) is 12.0 Å². The number of hydrogen-bond acceptors (Lipinski definition) is 8. The quantitative estimate of drug-likeness (QED) is 0.353. The van der Waals surface area contributed by atoms with Crippen molar-refractivity contribution in [3.8, 4) is 22.6 Å². The first-order chi connectivity index (χ1) is 16.6. The maximum Gasteiger partial charge on any atom is 0.257 e. The second-order valence-electron chi connectivity index (χ2n) is 8.80. The van der Waals surface area contributed by atoms with Crippen molar-refractivity contribution in [2.45, 2.75) is 25.2 Å². The standard InChI is InChI=1S/C26H28N6O2/c1-26(21-9-10-21,20-7-3-17(4-8-20)19-15-29-25(27)30-16-19)24-31-23(34-32-24)18-5-11-22(12-6-18)28-13-14-33-2/h3-8,11-12,15-16,21,28H,9-10,13-14H2,1-2H3,(H2,27,29,30). The van der Waals surface area contributed by atoms with Gasteiger partial charge in [0.25, 0.3) is 5.89 Å². The largest absolute Gasteiger partial charge is 0.383 e. The Kier molecular flexibility index (Phi) is 5.98. The molecule has 0 radical (unpaired) electrons. The molecule has 3 N–H and O–H groups in total. The van der Waals surface area contributed by atoms with Crippen LogP contribution in [0.1, 0.15) is 31.2 Å². The van der Waals surface area contributed by atoms with Crippen LogP contribution in [0.15, 0.2) is 65.4 Å². The molecule has 0 aliphatic heterocycles. The Balaban J connectivity index is 1.39. The van der Waals surface area contributed by atoms with E-state index in [0.717, 1.165) is 47.6 Å². The molecule has 4 aromatic rings. The molecule has 0 spiro atoms. The summed E-state index contributed by atoms with van der Waals surface area (Å²) in [6, 6.07) is 16.4. The fraction of sp³-hybridized carbons (Fsp3) is 0.308. The highest BCUT2D eigenvalue weighted by molar-refractivity contribution is 5.63. The third-order valence-electron chi connectivity index (χ3n) is 6.54. The predicted octanol–water partition coefficient (Wildman–Crippen LogP) is 4.55. The summed E-state index contributed by atoms with van der Waals surface area (Å²) in [5.74, 6) is 2.00. The lowest BCUT2D eigenvalue weighted by atomic mass is 9.76. The van der Waals surface area contributed by atoms with Crippen LogP contribution in [0, 0.1) is 5.92 Å². The number of nitrogen functional groups attached to an aromatic ring is 1. The number of benzene rings is 2. The van der Waals surface area contributed by atoms with E-state index in [9.17, 15) is 0 Å². The SMILES string of the molecule is COCCNc1ccc(-c2nc(C(C)(c3ccc(-c4cnc(N)nc4)cc3)C3CC3)no2)cc1. The summed E-state index contributed by atoms with van der Waals surface area (Å²) < 4.78 is 10.8. The van der Waals surface area contributed by atoms with Crippen molar-refractivity contribution < 1.29 is 9.26 Å². The van der Waals surface area contributed by atoms with E-state index in [4.69, 9.17) is 20.0 Å². The molecule has 34 heavy (non-hydrogen) atoms. The van der Waals surface area contributed by atoms with E-state index >= 15 is 0 Å². The van der Waals surface area contributed by atoms with E-state index in [1.807, 2.05) is 24.3 Å². The maximum atomic E-state index is 5.71. The minimum absolute atomic E-state index is 0.270. The molecule has 0 saturated heterocycles. The van der Waals surface area contributed by atoms with E-state index in [-0.39, 0.29) is 11.4 Å². The zero-order valence-electron chi connectivity index (χ0n) is 19.4. The van der Waals surface area contributed by atoms with Crippen molar-refractivity contribution in [3.63, 3.8) is 0 Å². The van der Waals surface area contributed by atoms with Crippen LogP contribution in [0.5, 0.6) is 0 Å². The van der Waals surface area contributed by atoms with Crippen LogP contribution in [-0.4, -0.2) is 40.4 Å². The Hall–Kier alpha value is -3.78. The molecule has 8 heteroatoms. The second kappa shape index (κ2) is 9.23. The minimum Gasteiger partial charge on any atom is -0.383 e. The van der Waals surface area contributed by atoms with Crippen LogP contribution in [0.2, 0.25) is 0 Å². The molecule has 1 aliphatic rings. The van der Waals surface area contributed by atoms with E-state index in [0.29, 0.717) is 18.4 Å². The second-order valence-corrected chi connectivity index (χ2v) is 8.80. The highest BCUT2D eigenvalue weighted by Gasteiger charge is 2.47. The van der Waals surface area contributed by atoms with Gasteiger partial charge in [0.2, 0.25) is 5.95 Å². The summed E-state index contributed by atoms with van der Waals surface area (Å²) in [5, 5.41) is 7.74. The summed E-state index contributed by atoms with van der Waals surface area (Å²) >= 11 is 0. The van der Waals surface area contributed by atoms with Gasteiger partial charge < -0.3 is 20.3 Å². The minimum atomic E-state index is -0.320. The number of nitrogens with two attached hydrogens (primary N) is 1. The molecule has 0 bridgehead atoms. The van der Waals surface area contributed by atoms with Crippen LogP contribution in [-0.2, 0) is 10.2 Å². The van der Waals surface area contributed by atoms with Crippen molar-refractivity contribution in [3.05, 3.63) is 72.3 Å². The molecular formula is C26H28N6O2. The topological polar surface area (TPSA) is 112 Å². The van der Waals surface area contributed by atoms with Crippen LogP contribution >= 0.6 is 0 Å². The van der Waals surface area contributed by atoms with Gasteiger partial charge in [-0.2, -0.15) is 4.98 Å². The number of hydrogen-bond donors (Lipinski definition) is 2. The van der Waals surface area contributed by atoms with Crippen molar-refractivity contribution >= 4 is 11.6 Å². The van der Waals surface area contributed by atoms with E-state index < -0.39 is 0 Å². The van der Waals surface area contributed by atoms with E-state index in [1.54, 1.807) is 19.5 Å². The van der Waals surface area contributed by atoms with Gasteiger partial charge >= 0.3 is 0 Å². The lowest BCUT2D eigenvalue weighted by molar-refractivity contribution is 0.211. The third kappa shape index (κ3) is 4.36. The Labute approximate surface area is 198 Å². The summed E-state index contributed by atoms with van der Waals surface area (Å²) in [5.41, 5.74) is 10.3. The first-order valence-corrected chi connectivity index (χ1v) is 11.4. The Morgan fingerprint density at radius 1 is 1.00 bits per heavy atom. The monoisotopic (exact) mass is 456 g/mol. The van der Waals surface area contributed by atoms with Gasteiger partial charge in [0, 0.05) is 42.9 Å². The molecular weight excluding hydrogens is 428 g/mol. The van der Waals surface area contributed by atoms with Crippen molar-refractivity contribution in [2.75, 3.05) is 31.3 Å². The highest BCUT2D eigenvalue weighted by atomic mass is 16.5. The smallest absolute Gasteiger partial charge is 0.257 e. The van der Waals surface area contributed by atoms with Crippen LogP contribution in [0.4, 0.5) is 11.6 Å². The first kappa shape index (κ1) is 22.0. The van der Waals surface area contributed by atoms with Gasteiger partial charge in [0.1, 0.15) is 0 Å². The van der Waals surface area contributed by atoms with Gasteiger partial charge in [-0.1, -0.05) is 29.4 Å². The molecule has 2 heterocycles. The number of aromatic nitrogens is 4. The first-order valence-electron chi connectivity index (χ1n) is 11.4. The number of methoxy groups -OCH3 is 1. The molecule has 174 valence electrons. The summed E-state index contributed by atoms with van der Waals surface area (Å²) in [6.07, 6.45) is 5.77. The van der Waals surface area contributed by atoms with Crippen molar-refractivity contribution in [2.24, 2.45) is 5.92 Å². The lowest BCUT2D eigenvalue weighted by Gasteiger charge is -2.27. The van der Waals surface area contributed by atoms with Crippen molar-refractivity contribution in [1.82, 2.24) is 20.1 Å². The van der Waals surface area contributed by atoms with Crippen LogP contribution in [0.25, 0.3) is 22.6 Å². The van der Waals surface area contributed by atoms with Crippen LogP contribution in [0.3, 0.4) is 0 Å². The Morgan fingerprint density at radius 2 is 1.68 bits per heavy atom. The molecule has 2 aromatic heterocycles. The van der Waals surface area contributed by atoms with Gasteiger partial charge in [-0.05, 0) is 61.1 Å². The number of nitrogens with one attached hydrogen (secondary N) is 1. The van der Waals surface area contributed by atoms with Crippen molar-refractivity contribution in [1.29, 1.82) is 0 Å². The average Bonchev–Trinajstić information content (AvgIpc) is 3.62. The number of ether oxygens (including phenoxy) is 1. The fourth-order valence-electron chi connectivity index (χ4n) is 4.28. The molecule has 1 fully saturated rings. The van der Waals surface area contributed by atoms with Gasteiger partial charge in [-0.25, -0.2) is 9.97 Å². The summed E-state index contributed by atoms with van der Waals surface area (Å²) in [4.78, 5) is 13.0. The lowest BCUT2D eigenvalue weighted by Crippen LogP contribution is -2.28. The molecule has 5 rings (SSSR count). The zero-order valence-corrected chi connectivity index (χ0v) is 19.4.